The van der Waals surface area contributed by atoms with Gasteiger partial charge in [0.05, 0.1) is 22.1 Å². The molecular formula is C16H14ClN5O. The molecule has 2 N–H and O–H groups in total. The van der Waals surface area contributed by atoms with E-state index in [9.17, 15) is 4.79 Å². The average Bonchev–Trinajstić information content (AvgIpc) is 2.98. The second-order valence-corrected chi connectivity index (χ2v) is 5.77. The zero-order chi connectivity index (χ0) is 16.6. The number of fused-ring (bicyclic) bond motifs is 1. The molecule has 0 unspecified atom stereocenters. The Hall–Kier alpha value is -2.65. The van der Waals surface area contributed by atoms with E-state index in [1.807, 2.05) is 6.07 Å². The number of carbonyl (C=O) groups excluding carboxylic acids is 1. The number of nitriles is 1. The van der Waals surface area contributed by atoms with Gasteiger partial charge in [0.25, 0.3) is 0 Å². The van der Waals surface area contributed by atoms with Crippen LogP contribution in [0.1, 0.15) is 28.2 Å². The third-order valence-electron chi connectivity index (χ3n) is 4.01. The van der Waals surface area contributed by atoms with E-state index in [-0.39, 0.29) is 11.7 Å². The van der Waals surface area contributed by atoms with Crippen LogP contribution in [0.2, 0.25) is 5.02 Å². The Morgan fingerprint density at radius 1 is 1.52 bits per heavy atom. The molecule has 1 heterocycles. The summed E-state index contributed by atoms with van der Waals surface area (Å²) in [6.45, 7) is 0. The first-order valence-corrected chi connectivity index (χ1v) is 7.44. The van der Waals surface area contributed by atoms with Crippen LogP contribution < -0.4 is 5.73 Å². The highest BCUT2D eigenvalue weighted by Crippen LogP contribution is 2.28. The standard InChI is InChI=1S/C16H14ClN5O/c1-20-16(19)10-4-13-15(14(23)5-10)22(8-21-13)11-3-2-9(7-18)12(17)6-11/h2-3,6,8,10H,4-5H2,1H3,(H2,19,20)/t10-/m1/s1. The molecule has 0 spiro atoms. The van der Waals surface area contributed by atoms with Crippen molar-refractivity contribution in [3.63, 3.8) is 0 Å². The van der Waals surface area contributed by atoms with E-state index in [1.54, 1.807) is 36.1 Å². The van der Waals surface area contributed by atoms with Gasteiger partial charge in [-0.05, 0) is 18.2 Å². The van der Waals surface area contributed by atoms with Gasteiger partial charge in [-0.25, -0.2) is 4.98 Å². The molecule has 3 rings (SSSR count). The molecule has 0 radical (unpaired) electrons. The molecule has 1 aromatic carbocycles. The predicted octanol–water partition coefficient (Wildman–Crippen LogP) is 2.13. The van der Waals surface area contributed by atoms with Gasteiger partial charge in [-0.2, -0.15) is 5.26 Å². The number of nitrogens with zero attached hydrogens (tertiary/aromatic N) is 4. The monoisotopic (exact) mass is 327 g/mol. The number of Topliss-reactive ketones (excluding diaryl/α,β-unsaturated/α-hetero) is 1. The van der Waals surface area contributed by atoms with Gasteiger partial charge in [-0.15, -0.1) is 0 Å². The van der Waals surface area contributed by atoms with Gasteiger partial charge in [0.2, 0.25) is 0 Å². The third-order valence-corrected chi connectivity index (χ3v) is 4.32. The number of rotatable bonds is 2. The molecule has 6 nitrogen and oxygen atoms in total. The summed E-state index contributed by atoms with van der Waals surface area (Å²) in [5.41, 5.74) is 8.20. The number of hydrogen-bond acceptors (Lipinski definition) is 4. The molecule has 0 fully saturated rings. The van der Waals surface area contributed by atoms with E-state index < -0.39 is 0 Å². The van der Waals surface area contributed by atoms with Crippen LogP contribution in [0, 0.1) is 17.2 Å². The molecule has 1 aliphatic carbocycles. The molecule has 0 bridgehead atoms. The number of amidine groups is 1. The van der Waals surface area contributed by atoms with E-state index in [4.69, 9.17) is 22.6 Å². The third kappa shape index (κ3) is 2.60. The van der Waals surface area contributed by atoms with Crippen molar-refractivity contribution < 1.29 is 4.79 Å². The first-order valence-electron chi connectivity index (χ1n) is 7.06. The Morgan fingerprint density at radius 2 is 2.30 bits per heavy atom. The number of benzene rings is 1. The number of aliphatic imine (C=N–C) groups is 1. The summed E-state index contributed by atoms with van der Waals surface area (Å²) in [6, 6.07) is 7.04. The van der Waals surface area contributed by atoms with E-state index >= 15 is 0 Å². The Balaban J connectivity index is 2.03. The molecule has 0 amide bonds. The number of carbonyl (C=O) groups is 1. The number of aromatic nitrogens is 2. The van der Waals surface area contributed by atoms with Crippen LogP contribution in [-0.4, -0.2) is 28.2 Å². The number of hydrogen-bond donors (Lipinski definition) is 1. The molecular weight excluding hydrogens is 314 g/mol. The van der Waals surface area contributed by atoms with Crippen LogP contribution in [0.5, 0.6) is 0 Å². The predicted molar refractivity (Wildman–Crippen MR) is 87.0 cm³/mol. The Bertz CT molecular complexity index is 862. The lowest BCUT2D eigenvalue weighted by Crippen LogP contribution is -2.32. The Kier molecular flexibility index (Phi) is 3.89. The van der Waals surface area contributed by atoms with Crippen LogP contribution in [0.25, 0.3) is 5.69 Å². The van der Waals surface area contributed by atoms with Crippen molar-refractivity contribution in [2.45, 2.75) is 12.8 Å². The first kappa shape index (κ1) is 15.3. The van der Waals surface area contributed by atoms with E-state index in [2.05, 4.69) is 9.98 Å². The Morgan fingerprint density at radius 3 is 2.96 bits per heavy atom. The minimum absolute atomic E-state index is 0.0270. The van der Waals surface area contributed by atoms with Crippen molar-refractivity contribution >= 4 is 23.2 Å². The van der Waals surface area contributed by atoms with Gasteiger partial charge in [0.1, 0.15) is 18.1 Å². The minimum Gasteiger partial charge on any atom is -0.387 e. The smallest absolute Gasteiger partial charge is 0.182 e. The van der Waals surface area contributed by atoms with Crippen molar-refractivity contribution in [3.8, 4) is 11.8 Å². The Labute approximate surface area is 138 Å². The molecule has 0 saturated heterocycles. The van der Waals surface area contributed by atoms with Crippen molar-refractivity contribution in [1.29, 1.82) is 5.26 Å². The number of halogens is 1. The fourth-order valence-electron chi connectivity index (χ4n) is 2.79. The number of imidazole rings is 1. The van der Waals surface area contributed by atoms with Crippen LogP contribution in [0.3, 0.4) is 0 Å². The molecule has 0 saturated carbocycles. The summed E-state index contributed by atoms with van der Waals surface area (Å²) >= 11 is 6.08. The summed E-state index contributed by atoms with van der Waals surface area (Å²) in [4.78, 5) is 20.8. The molecule has 7 heteroatoms. The highest BCUT2D eigenvalue weighted by atomic mass is 35.5. The molecule has 2 aromatic rings. The molecule has 0 aliphatic heterocycles. The normalized spacial score (nSPS) is 17.7. The molecule has 1 aliphatic rings. The first-order chi connectivity index (χ1) is 11.0. The second-order valence-electron chi connectivity index (χ2n) is 5.36. The maximum Gasteiger partial charge on any atom is 0.182 e. The highest BCUT2D eigenvalue weighted by Gasteiger charge is 2.31. The average molecular weight is 328 g/mol. The quantitative estimate of drug-likeness (QED) is 0.675. The van der Waals surface area contributed by atoms with Crippen molar-refractivity contribution in [2.24, 2.45) is 16.6 Å². The van der Waals surface area contributed by atoms with Gasteiger partial charge in [0, 0.05) is 31.5 Å². The van der Waals surface area contributed by atoms with Crippen LogP contribution >= 0.6 is 11.6 Å². The zero-order valence-corrected chi connectivity index (χ0v) is 13.2. The SMILES string of the molecule is CN=C(N)[C@H]1CC(=O)c2c(ncn2-c2ccc(C#N)c(Cl)c2)C1. The van der Waals surface area contributed by atoms with Crippen molar-refractivity contribution in [3.05, 3.63) is 46.5 Å². The van der Waals surface area contributed by atoms with Crippen molar-refractivity contribution in [2.75, 3.05) is 7.05 Å². The highest BCUT2D eigenvalue weighted by molar-refractivity contribution is 6.31. The lowest BCUT2D eigenvalue weighted by atomic mass is 9.88. The van der Waals surface area contributed by atoms with Gasteiger partial charge in [-0.3, -0.25) is 14.4 Å². The van der Waals surface area contributed by atoms with Gasteiger partial charge in [0.15, 0.2) is 5.78 Å². The van der Waals surface area contributed by atoms with Crippen LogP contribution in [0.15, 0.2) is 29.5 Å². The summed E-state index contributed by atoms with van der Waals surface area (Å²) in [7, 11) is 1.62. The summed E-state index contributed by atoms with van der Waals surface area (Å²) in [6.07, 6.45) is 2.50. The lowest BCUT2D eigenvalue weighted by molar-refractivity contribution is 0.0954. The summed E-state index contributed by atoms with van der Waals surface area (Å²) < 4.78 is 1.71. The number of nitrogens with two attached hydrogens (primary N) is 1. The van der Waals surface area contributed by atoms with E-state index in [0.29, 0.717) is 46.3 Å². The largest absolute Gasteiger partial charge is 0.387 e. The second kappa shape index (κ2) is 5.86. The molecule has 1 aromatic heterocycles. The van der Waals surface area contributed by atoms with E-state index in [1.165, 1.54) is 0 Å². The minimum atomic E-state index is -0.104. The topological polar surface area (TPSA) is 97.1 Å². The van der Waals surface area contributed by atoms with Gasteiger partial charge < -0.3 is 5.73 Å². The number of ketones is 1. The van der Waals surface area contributed by atoms with Crippen LogP contribution in [-0.2, 0) is 6.42 Å². The maximum absolute atomic E-state index is 12.5. The summed E-state index contributed by atoms with van der Waals surface area (Å²) in [5.74, 6) is 0.341. The fraction of sp³-hybridized carbons (Fsp3) is 0.250. The van der Waals surface area contributed by atoms with Crippen molar-refractivity contribution in [1.82, 2.24) is 9.55 Å². The molecule has 116 valence electrons. The van der Waals surface area contributed by atoms with Gasteiger partial charge >= 0.3 is 0 Å². The maximum atomic E-state index is 12.5. The van der Waals surface area contributed by atoms with E-state index in [0.717, 1.165) is 0 Å². The fourth-order valence-corrected chi connectivity index (χ4v) is 3.01. The summed E-state index contributed by atoms with van der Waals surface area (Å²) in [5, 5.41) is 9.29. The van der Waals surface area contributed by atoms with Gasteiger partial charge in [-0.1, -0.05) is 11.6 Å². The molecule has 1 atom stereocenters. The zero-order valence-electron chi connectivity index (χ0n) is 12.5. The molecule has 23 heavy (non-hydrogen) atoms. The van der Waals surface area contributed by atoms with Crippen LogP contribution in [0.4, 0.5) is 0 Å². The lowest BCUT2D eigenvalue weighted by Gasteiger charge is -2.21.